The van der Waals surface area contributed by atoms with Crippen molar-refractivity contribution in [3.05, 3.63) is 71.1 Å². The van der Waals surface area contributed by atoms with Crippen LogP contribution >= 0.6 is 0 Å². The summed E-state index contributed by atoms with van der Waals surface area (Å²) in [5, 5.41) is 3.93. The minimum absolute atomic E-state index is 0.0365. The molecule has 2 amide bonds. The van der Waals surface area contributed by atoms with Gasteiger partial charge in [-0.2, -0.15) is 4.98 Å². The van der Waals surface area contributed by atoms with Crippen molar-refractivity contribution in [1.29, 1.82) is 0 Å². The Balaban J connectivity index is 1.59. The monoisotopic (exact) mass is 319 g/mol. The van der Waals surface area contributed by atoms with Gasteiger partial charge in [0.15, 0.2) is 0 Å². The van der Waals surface area contributed by atoms with Crippen LogP contribution in [0.1, 0.15) is 32.2 Å². The van der Waals surface area contributed by atoms with Crippen LogP contribution in [0.2, 0.25) is 0 Å². The molecule has 0 radical (unpaired) electrons. The quantitative estimate of drug-likeness (QED) is 0.694. The number of aromatic nitrogens is 2. The van der Waals surface area contributed by atoms with Crippen LogP contribution in [0.5, 0.6) is 0 Å². The molecule has 0 saturated heterocycles. The number of fused-ring (bicyclic) bond motifs is 1. The first kappa shape index (κ1) is 14.3. The highest BCUT2D eigenvalue weighted by molar-refractivity contribution is 6.21. The molecule has 1 aliphatic rings. The predicted octanol–water partition coefficient (Wildman–Crippen LogP) is 2.84. The summed E-state index contributed by atoms with van der Waals surface area (Å²) in [6.07, 6.45) is 0. The molecule has 0 atom stereocenters. The molecule has 0 saturated carbocycles. The van der Waals surface area contributed by atoms with Crippen LogP contribution in [0, 0.1) is 6.92 Å². The Kier molecular flexibility index (Phi) is 3.23. The molecule has 0 aliphatic carbocycles. The van der Waals surface area contributed by atoms with E-state index in [4.69, 9.17) is 4.52 Å². The topological polar surface area (TPSA) is 76.3 Å². The summed E-state index contributed by atoms with van der Waals surface area (Å²) in [5.41, 5.74) is 2.72. The molecule has 2 aromatic carbocycles. The van der Waals surface area contributed by atoms with Gasteiger partial charge in [-0.05, 0) is 25.1 Å². The van der Waals surface area contributed by atoms with Crippen molar-refractivity contribution in [3.8, 4) is 11.4 Å². The van der Waals surface area contributed by atoms with Crippen LogP contribution in [0.3, 0.4) is 0 Å². The lowest BCUT2D eigenvalue weighted by Gasteiger charge is -2.09. The van der Waals surface area contributed by atoms with E-state index in [0.717, 1.165) is 16.0 Å². The third kappa shape index (κ3) is 2.28. The number of amides is 2. The van der Waals surface area contributed by atoms with Gasteiger partial charge >= 0.3 is 0 Å². The average molecular weight is 319 g/mol. The maximum atomic E-state index is 12.3. The lowest BCUT2D eigenvalue weighted by molar-refractivity contribution is 0.0625. The smallest absolute Gasteiger partial charge is 0.262 e. The zero-order valence-corrected chi connectivity index (χ0v) is 12.9. The van der Waals surface area contributed by atoms with Crippen molar-refractivity contribution >= 4 is 11.8 Å². The molecule has 6 nitrogen and oxygen atoms in total. The van der Waals surface area contributed by atoms with Crippen molar-refractivity contribution in [2.75, 3.05) is 0 Å². The Morgan fingerprint density at radius 1 is 1.00 bits per heavy atom. The molecule has 6 heteroatoms. The van der Waals surface area contributed by atoms with Gasteiger partial charge in [0.25, 0.3) is 11.8 Å². The van der Waals surface area contributed by atoms with Crippen LogP contribution < -0.4 is 0 Å². The summed E-state index contributed by atoms with van der Waals surface area (Å²) < 4.78 is 5.21. The largest absolute Gasteiger partial charge is 0.337 e. The maximum Gasteiger partial charge on any atom is 0.262 e. The van der Waals surface area contributed by atoms with E-state index < -0.39 is 0 Å². The van der Waals surface area contributed by atoms with Crippen molar-refractivity contribution in [2.45, 2.75) is 13.5 Å². The van der Waals surface area contributed by atoms with Gasteiger partial charge in [0, 0.05) is 5.56 Å². The molecule has 118 valence electrons. The number of benzene rings is 2. The van der Waals surface area contributed by atoms with Crippen LogP contribution in [0.15, 0.2) is 53.1 Å². The summed E-state index contributed by atoms with van der Waals surface area (Å²) in [6, 6.07) is 14.4. The SMILES string of the molecule is Cc1cccc(-c2noc(CN3C(=O)c4ccccc4C3=O)n2)c1. The van der Waals surface area contributed by atoms with Gasteiger partial charge in [-0.3, -0.25) is 14.5 Å². The van der Waals surface area contributed by atoms with Crippen LogP contribution in [-0.4, -0.2) is 26.9 Å². The zero-order valence-electron chi connectivity index (χ0n) is 12.9. The van der Waals surface area contributed by atoms with Crippen LogP contribution in [-0.2, 0) is 6.54 Å². The molecule has 1 aromatic heterocycles. The Morgan fingerprint density at radius 3 is 2.38 bits per heavy atom. The molecule has 0 spiro atoms. The fourth-order valence-electron chi connectivity index (χ4n) is 2.74. The van der Waals surface area contributed by atoms with Gasteiger partial charge in [-0.25, -0.2) is 0 Å². The number of hydrogen-bond acceptors (Lipinski definition) is 5. The molecular weight excluding hydrogens is 306 g/mol. The zero-order chi connectivity index (χ0) is 16.7. The summed E-state index contributed by atoms with van der Waals surface area (Å²) in [6.45, 7) is 1.94. The van der Waals surface area contributed by atoms with Crippen molar-refractivity contribution in [2.24, 2.45) is 0 Å². The Hall–Kier alpha value is -3.28. The third-order valence-electron chi connectivity index (χ3n) is 3.92. The van der Waals surface area contributed by atoms with Gasteiger partial charge in [0.05, 0.1) is 11.1 Å². The van der Waals surface area contributed by atoms with E-state index in [-0.39, 0.29) is 24.2 Å². The fourth-order valence-corrected chi connectivity index (χ4v) is 2.74. The molecule has 3 aromatic rings. The van der Waals surface area contributed by atoms with Crippen molar-refractivity contribution in [1.82, 2.24) is 15.0 Å². The van der Waals surface area contributed by atoms with E-state index in [9.17, 15) is 9.59 Å². The number of carbonyl (C=O) groups excluding carboxylic acids is 2. The van der Waals surface area contributed by atoms with E-state index >= 15 is 0 Å². The highest BCUT2D eigenvalue weighted by Crippen LogP contribution is 2.24. The van der Waals surface area contributed by atoms with Crippen molar-refractivity contribution < 1.29 is 14.1 Å². The van der Waals surface area contributed by atoms with Crippen LogP contribution in [0.25, 0.3) is 11.4 Å². The molecule has 24 heavy (non-hydrogen) atoms. The second-order valence-electron chi connectivity index (χ2n) is 5.62. The minimum atomic E-state index is -0.342. The first-order valence-corrected chi connectivity index (χ1v) is 7.48. The normalized spacial score (nSPS) is 13.5. The highest BCUT2D eigenvalue weighted by atomic mass is 16.5. The summed E-state index contributed by atoms with van der Waals surface area (Å²) in [5.74, 6) is -0.0249. The predicted molar refractivity (Wildman–Crippen MR) is 85.1 cm³/mol. The standard InChI is InChI=1S/C18H13N3O3/c1-11-5-4-6-12(9-11)16-19-15(24-20-16)10-21-17(22)13-7-2-3-8-14(13)18(21)23/h2-9H,10H2,1H3. The minimum Gasteiger partial charge on any atom is -0.337 e. The van der Waals surface area contributed by atoms with E-state index in [1.54, 1.807) is 24.3 Å². The summed E-state index contributed by atoms with van der Waals surface area (Å²) in [7, 11) is 0. The number of carbonyl (C=O) groups is 2. The van der Waals surface area contributed by atoms with Gasteiger partial charge in [0.1, 0.15) is 6.54 Å². The van der Waals surface area contributed by atoms with Gasteiger partial charge in [-0.15, -0.1) is 0 Å². The number of imide groups is 1. The first-order chi connectivity index (χ1) is 11.6. The van der Waals surface area contributed by atoms with Gasteiger partial charge in [-0.1, -0.05) is 41.1 Å². The van der Waals surface area contributed by atoms with E-state index in [2.05, 4.69) is 10.1 Å². The molecule has 2 heterocycles. The maximum absolute atomic E-state index is 12.3. The van der Waals surface area contributed by atoms with E-state index in [1.165, 1.54) is 0 Å². The van der Waals surface area contributed by atoms with Gasteiger partial charge < -0.3 is 4.52 Å². The average Bonchev–Trinajstić information content (AvgIpc) is 3.15. The number of nitrogens with zero attached hydrogens (tertiary/aromatic N) is 3. The molecule has 4 rings (SSSR count). The molecule has 0 N–H and O–H groups in total. The molecule has 1 aliphatic heterocycles. The molecular formula is C18H13N3O3. The number of hydrogen-bond donors (Lipinski definition) is 0. The second kappa shape index (κ2) is 5.42. The van der Waals surface area contributed by atoms with Crippen molar-refractivity contribution in [3.63, 3.8) is 0 Å². The third-order valence-corrected chi connectivity index (χ3v) is 3.92. The van der Waals surface area contributed by atoms with Crippen LogP contribution in [0.4, 0.5) is 0 Å². The van der Waals surface area contributed by atoms with Gasteiger partial charge in [0.2, 0.25) is 11.7 Å². The lowest BCUT2D eigenvalue weighted by Crippen LogP contribution is -2.29. The number of aryl methyl sites for hydroxylation is 1. The van der Waals surface area contributed by atoms with E-state index in [1.807, 2.05) is 31.2 Å². The molecule has 0 bridgehead atoms. The highest BCUT2D eigenvalue weighted by Gasteiger charge is 2.36. The second-order valence-corrected chi connectivity index (χ2v) is 5.62. The number of rotatable bonds is 3. The Bertz CT molecular complexity index is 926. The molecule has 0 unspecified atom stereocenters. The fraction of sp³-hybridized carbons (Fsp3) is 0.111. The molecule has 0 fully saturated rings. The first-order valence-electron chi connectivity index (χ1n) is 7.48. The Labute approximate surface area is 137 Å². The van der Waals surface area contributed by atoms with E-state index in [0.29, 0.717) is 17.0 Å². The summed E-state index contributed by atoms with van der Waals surface area (Å²) in [4.78, 5) is 30.1. The lowest BCUT2D eigenvalue weighted by atomic mass is 10.1. The summed E-state index contributed by atoms with van der Waals surface area (Å²) >= 11 is 0. The Morgan fingerprint density at radius 2 is 1.71 bits per heavy atom.